The summed E-state index contributed by atoms with van der Waals surface area (Å²) in [4.78, 5) is 27.6. The van der Waals surface area contributed by atoms with Gasteiger partial charge in [0.1, 0.15) is 5.75 Å². The Kier molecular flexibility index (Phi) is 5.83. The second kappa shape index (κ2) is 8.27. The van der Waals surface area contributed by atoms with E-state index in [0.29, 0.717) is 13.1 Å². The number of anilines is 1. The number of amides is 2. The molecule has 1 aliphatic rings. The van der Waals surface area contributed by atoms with Gasteiger partial charge in [0.05, 0.1) is 13.0 Å². The summed E-state index contributed by atoms with van der Waals surface area (Å²) in [6, 6.07) is 15.4. The van der Waals surface area contributed by atoms with Gasteiger partial charge >= 0.3 is 0 Å². The molecule has 26 heavy (non-hydrogen) atoms. The maximum Gasteiger partial charge on any atom is 0.227 e. The summed E-state index contributed by atoms with van der Waals surface area (Å²) in [7, 11) is 1.60. The third kappa shape index (κ3) is 4.19. The van der Waals surface area contributed by atoms with Crippen molar-refractivity contribution in [2.75, 3.05) is 24.8 Å². The van der Waals surface area contributed by atoms with Gasteiger partial charge in [0.2, 0.25) is 11.8 Å². The minimum Gasteiger partial charge on any atom is -0.497 e. The first-order valence-electron chi connectivity index (χ1n) is 8.46. The monoisotopic (exact) mass is 370 g/mol. The fourth-order valence-corrected chi connectivity index (χ4v) is 3.38. The molecule has 0 unspecified atom stereocenters. The van der Waals surface area contributed by atoms with Crippen LogP contribution in [0.2, 0.25) is 0 Å². The topological polar surface area (TPSA) is 58.6 Å². The molecule has 1 saturated heterocycles. The van der Waals surface area contributed by atoms with Gasteiger partial charge in [0.15, 0.2) is 0 Å². The summed E-state index contributed by atoms with van der Waals surface area (Å²) in [5.41, 5.74) is 1.84. The summed E-state index contributed by atoms with van der Waals surface area (Å²) in [5.74, 6) is 0.306. The van der Waals surface area contributed by atoms with Crippen molar-refractivity contribution in [3.05, 3.63) is 54.1 Å². The smallest absolute Gasteiger partial charge is 0.227 e. The van der Waals surface area contributed by atoms with Gasteiger partial charge in [-0.25, -0.2) is 0 Å². The van der Waals surface area contributed by atoms with E-state index in [1.54, 1.807) is 23.8 Å². The lowest BCUT2D eigenvalue weighted by Crippen LogP contribution is -2.32. The first kappa shape index (κ1) is 18.3. The molecule has 1 aliphatic heterocycles. The van der Waals surface area contributed by atoms with Gasteiger partial charge < -0.3 is 15.0 Å². The Bertz CT molecular complexity index is 775. The Labute approximate surface area is 157 Å². The van der Waals surface area contributed by atoms with E-state index in [4.69, 9.17) is 4.74 Å². The zero-order chi connectivity index (χ0) is 18.5. The minimum atomic E-state index is -0.324. The summed E-state index contributed by atoms with van der Waals surface area (Å²) in [6.45, 7) is 0.878. The van der Waals surface area contributed by atoms with Crippen LogP contribution in [-0.2, 0) is 16.1 Å². The maximum atomic E-state index is 12.5. The van der Waals surface area contributed by atoms with E-state index in [-0.39, 0.29) is 24.2 Å². The molecule has 2 aromatic rings. The summed E-state index contributed by atoms with van der Waals surface area (Å²) < 4.78 is 5.14. The van der Waals surface area contributed by atoms with Gasteiger partial charge in [-0.05, 0) is 48.2 Å². The number of hydrogen-bond acceptors (Lipinski definition) is 4. The molecule has 0 radical (unpaired) electrons. The molecule has 0 saturated carbocycles. The highest BCUT2D eigenvalue weighted by Gasteiger charge is 2.34. The van der Waals surface area contributed by atoms with Gasteiger partial charge in [-0.3, -0.25) is 9.59 Å². The Morgan fingerprint density at radius 1 is 1.19 bits per heavy atom. The third-order valence-corrected chi connectivity index (χ3v) is 5.25. The van der Waals surface area contributed by atoms with Crippen LogP contribution in [0.25, 0.3) is 0 Å². The van der Waals surface area contributed by atoms with Crippen molar-refractivity contribution in [2.45, 2.75) is 17.9 Å². The van der Waals surface area contributed by atoms with Gasteiger partial charge in [-0.2, -0.15) is 0 Å². The molecule has 0 spiro atoms. The van der Waals surface area contributed by atoms with Crippen LogP contribution in [0.15, 0.2) is 53.4 Å². The Morgan fingerprint density at radius 3 is 2.50 bits per heavy atom. The van der Waals surface area contributed by atoms with Gasteiger partial charge in [-0.15, -0.1) is 11.8 Å². The Morgan fingerprint density at radius 2 is 1.88 bits per heavy atom. The number of benzene rings is 2. The molecular weight excluding hydrogens is 348 g/mol. The van der Waals surface area contributed by atoms with E-state index in [0.717, 1.165) is 17.0 Å². The number of nitrogens with zero attached hydrogens (tertiary/aromatic N) is 1. The Balaban J connectivity index is 1.57. The number of methoxy groups -OCH3 is 1. The minimum absolute atomic E-state index is 0.0281. The fourth-order valence-electron chi connectivity index (χ4n) is 2.97. The number of thioether (sulfide) groups is 1. The number of rotatable bonds is 6. The van der Waals surface area contributed by atoms with Crippen molar-refractivity contribution in [1.82, 2.24) is 5.32 Å². The van der Waals surface area contributed by atoms with E-state index in [1.165, 1.54) is 4.90 Å². The summed E-state index contributed by atoms with van der Waals surface area (Å²) in [6.07, 6.45) is 2.27. The highest BCUT2D eigenvalue weighted by atomic mass is 32.2. The predicted octanol–water partition coefficient (Wildman–Crippen LogP) is 3.09. The molecule has 5 nitrogen and oxygen atoms in total. The molecule has 0 aliphatic carbocycles. The molecule has 2 amide bonds. The van der Waals surface area contributed by atoms with Gasteiger partial charge in [0, 0.05) is 30.1 Å². The van der Waals surface area contributed by atoms with Crippen LogP contribution in [-0.4, -0.2) is 31.7 Å². The normalized spacial score (nSPS) is 16.6. The maximum absolute atomic E-state index is 12.5. The quantitative estimate of drug-likeness (QED) is 0.794. The Hall–Kier alpha value is -2.47. The van der Waals surface area contributed by atoms with Crippen LogP contribution < -0.4 is 15.0 Å². The van der Waals surface area contributed by atoms with Crippen molar-refractivity contribution in [3.63, 3.8) is 0 Å². The number of carbonyl (C=O) groups excluding carboxylic acids is 2. The van der Waals surface area contributed by atoms with Gasteiger partial charge in [-0.1, -0.05) is 12.1 Å². The fraction of sp³-hybridized carbons (Fsp3) is 0.300. The van der Waals surface area contributed by atoms with Crippen LogP contribution in [0.4, 0.5) is 5.69 Å². The lowest BCUT2D eigenvalue weighted by molar-refractivity contribution is -0.126. The first-order chi connectivity index (χ1) is 12.6. The van der Waals surface area contributed by atoms with E-state index >= 15 is 0 Å². The van der Waals surface area contributed by atoms with Crippen molar-refractivity contribution in [3.8, 4) is 5.75 Å². The SMILES string of the molecule is COc1ccc(N2C[C@H](C(=O)NCc3ccc(SC)cc3)CC2=O)cc1. The summed E-state index contributed by atoms with van der Waals surface area (Å²) >= 11 is 1.68. The predicted molar refractivity (Wildman–Crippen MR) is 104 cm³/mol. The highest BCUT2D eigenvalue weighted by molar-refractivity contribution is 7.98. The first-order valence-corrected chi connectivity index (χ1v) is 9.68. The molecule has 1 N–H and O–H groups in total. The summed E-state index contributed by atoms with van der Waals surface area (Å²) in [5, 5.41) is 2.94. The number of carbonyl (C=O) groups is 2. The molecule has 3 rings (SSSR count). The highest BCUT2D eigenvalue weighted by Crippen LogP contribution is 2.27. The van der Waals surface area contributed by atoms with Crippen molar-refractivity contribution >= 4 is 29.3 Å². The van der Waals surface area contributed by atoms with E-state index < -0.39 is 0 Å². The molecule has 136 valence electrons. The average molecular weight is 370 g/mol. The zero-order valence-corrected chi connectivity index (χ0v) is 15.7. The molecule has 1 fully saturated rings. The third-order valence-electron chi connectivity index (χ3n) is 4.51. The standard InChI is InChI=1S/C20H22N2O3S/c1-25-17-7-5-16(6-8-17)22-13-15(11-19(22)23)20(24)21-12-14-3-9-18(26-2)10-4-14/h3-10,15H,11-13H2,1-2H3,(H,21,24)/t15-/m1/s1. The van der Waals surface area contributed by atoms with E-state index in [9.17, 15) is 9.59 Å². The lowest BCUT2D eigenvalue weighted by Gasteiger charge is -2.17. The number of nitrogens with one attached hydrogen (secondary N) is 1. The second-order valence-corrected chi connectivity index (χ2v) is 7.05. The largest absolute Gasteiger partial charge is 0.497 e. The second-order valence-electron chi connectivity index (χ2n) is 6.17. The van der Waals surface area contributed by atoms with E-state index in [1.807, 2.05) is 54.8 Å². The van der Waals surface area contributed by atoms with Crippen LogP contribution in [0.3, 0.4) is 0 Å². The average Bonchev–Trinajstić information content (AvgIpc) is 3.08. The molecular formula is C20H22N2O3S. The molecule has 1 heterocycles. The van der Waals surface area contributed by atoms with Crippen molar-refractivity contribution in [1.29, 1.82) is 0 Å². The number of hydrogen-bond donors (Lipinski definition) is 1. The molecule has 0 aromatic heterocycles. The molecule has 2 aromatic carbocycles. The van der Waals surface area contributed by atoms with Crippen molar-refractivity contribution < 1.29 is 14.3 Å². The van der Waals surface area contributed by atoms with Crippen LogP contribution >= 0.6 is 11.8 Å². The van der Waals surface area contributed by atoms with Crippen LogP contribution in [0.5, 0.6) is 5.75 Å². The lowest BCUT2D eigenvalue weighted by atomic mass is 10.1. The van der Waals surface area contributed by atoms with Gasteiger partial charge in [0.25, 0.3) is 0 Å². The van der Waals surface area contributed by atoms with Crippen molar-refractivity contribution in [2.24, 2.45) is 5.92 Å². The zero-order valence-electron chi connectivity index (χ0n) is 14.9. The molecule has 1 atom stereocenters. The molecule has 6 heteroatoms. The van der Waals surface area contributed by atoms with Crippen LogP contribution in [0, 0.1) is 5.92 Å². The molecule has 0 bridgehead atoms. The van der Waals surface area contributed by atoms with E-state index in [2.05, 4.69) is 5.32 Å². The number of ether oxygens (including phenoxy) is 1. The van der Waals surface area contributed by atoms with Crippen LogP contribution in [0.1, 0.15) is 12.0 Å².